The van der Waals surface area contributed by atoms with Crippen LogP contribution in [0.1, 0.15) is 5.69 Å². The van der Waals surface area contributed by atoms with Gasteiger partial charge in [-0.05, 0) is 19.2 Å². The van der Waals surface area contributed by atoms with Gasteiger partial charge in [-0.2, -0.15) is 5.10 Å². The number of fused-ring (bicyclic) bond motifs is 1. The van der Waals surface area contributed by atoms with E-state index in [9.17, 15) is 0 Å². The summed E-state index contributed by atoms with van der Waals surface area (Å²) >= 11 is 6.18. The molecule has 0 fully saturated rings. The van der Waals surface area contributed by atoms with Gasteiger partial charge in [0.15, 0.2) is 0 Å². The molecular weight excluding hydrogens is 198 g/mol. The zero-order valence-electron chi connectivity index (χ0n) is 8.00. The van der Waals surface area contributed by atoms with Gasteiger partial charge in [0.05, 0.1) is 16.2 Å². The Bertz CT molecular complexity index is 436. The molecule has 0 aliphatic carbocycles. The van der Waals surface area contributed by atoms with Gasteiger partial charge >= 0.3 is 0 Å². The number of rotatable bonds is 3. The highest BCUT2D eigenvalue weighted by Gasteiger charge is 2.08. The quantitative estimate of drug-likeness (QED) is 0.835. The van der Waals surface area contributed by atoms with E-state index in [4.69, 9.17) is 11.6 Å². The maximum absolute atomic E-state index is 6.18. The van der Waals surface area contributed by atoms with Crippen molar-refractivity contribution in [2.24, 2.45) is 0 Å². The highest BCUT2D eigenvalue weighted by atomic mass is 35.5. The minimum Gasteiger partial charge on any atom is -0.319 e. The summed E-state index contributed by atoms with van der Waals surface area (Å²) in [6, 6.07) is 5.88. The smallest absolute Gasteiger partial charge is 0.0896 e. The number of nitrogens with zero attached hydrogens (tertiary/aromatic N) is 2. The summed E-state index contributed by atoms with van der Waals surface area (Å²) in [4.78, 5) is 0. The molecule has 0 spiro atoms. The molecule has 1 N–H and O–H groups in total. The molecule has 2 rings (SSSR count). The van der Waals surface area contributed by atoms with Gasteiger partial charge in [-0.25, -0.2) is 4.52 Å². The highest BCUT2D eigenvalue weighted by molar-refractivity contribution is 6.34. The van der Waals surface area contributed by atoms with Crippen LogP contribution in [0.2, 0.25) is 5.02 Å². The first kappa shape index (κ1) is 9.49. The molecule has 0 saturated carbocycles. The van der Waals surface area contributed by atoms with Gasteiger partial charge in [-0.3, -0.25) is 0 Å². The van der Waals surface area contributed by atoms with Gasteiger partial charge in [0.1, 0.15) is 0 Å². The normalized spacial score (nSPS) is 11.0. The second-order valence-corrected chi connectivity index (χ2v) is 3.52. The van der Waals surface area contributed by atoms with Crippen LogP contribution in [0, 0.1) is 0 Å². The third-order valence-electron chi connectivity index (χ3n) is 2.16. The van der Waals surface area contributed by atoms with E-state index >= 15 is 0 Å². The van der Waals surface area contributed by atoms with E-state index in [1.54, 1.807) is 0 Å². The molecule has 3 nitrogen and oxygen atoms in total. The molecule has 74 valence electrons. The maximum atomic E-state index is 6.18. The van der Waals surface area contributed by atoms with Gasteiger partial charge < -0.3 is 5.32 Å². The molecular formula is C10H12ClN3. The Morgan fingerprint density at radius 2 is 2.36 bits per heavy atom. The summed E-state index contributed by atoms with van der Waals surface area (Å²) in [5, 5.41) is 8.24. The predicted octanol–water partition coefficient (Wildman–Crippen LogP) is 1.75. The van der Waals surface area contributed by atoms with Crippen molar-refractivity contribution in [2.75, 3.05) is 13.6 Å². The Kier molecular flexibility index (Phi) is 2.70. The van der Waals surface area contributed by atoms with Crippen molar-refractivity contribution in [1.82, 2.24) is 14.9 Å². The standard InChI is InChI=1S/C10H12ClN3/c1-12-6-5-8-10(11)9-4-2-3-7-14(9)13-8/h2-4,7,12H,5-6H2,1H3. The summed E-state index contributed by atoms with van der Waals surface area (Å²) in [5.41, 5.74) is 1.92. The molecule has 0 atom stereocenters. The number of hydrogen-bond acceptors (Lipinski definition) is 2. The van der Waals surface area contributed by atoms with Crippen LogP contribution in [0.15, 0.2) is 24.4 Å². The van der Waals surface area contributed by atoms with Gasteiger partial charge in [0, 0.05) is 19.2 Å². The second-order valence-electron chi connectivity index (χ2n) is 3.14. The molecule has 4 heteroatoms. The monoisotopic (exact) mass is 209 g/mol. The summed E-state index contributed by atoms with van der Waals surface area (Å²) < 4.78 is 1.81. The topological polar surface area (TPSA) is 29.3 Å². The molecule has 0 saturated heterocycles. The molecule has 0 unspecified atom stereocenters. The van der Waals surface area contributed by atoms with Gasteiger partial charge in [-0.1, -0.05) is 17.7 Å². The fourth-order valence-corrected chi connectivity index (χ4v) is 1.70. The van der Waals surface area contributed by atoms with Crippen LogP contribution in [0.4, 0.5) is 0 Å². The third kappa shape index (κ3) is 1.61. The molecule has 0 bridgehead atoms. The second kappa shape index (κ2) is 3.98. The van der Waals surface area contributed by atoms with E-state index in [0.717, 1.165) is 29.2 Å². The van der Waals surface area contributed by atoms with Crippen LogP contribution in [0.5, 0.6) is 0 Å². The van der Waals surface area contributed by atoms with Crippen LogP contribution < -0.4 is 5.32 Å². The van der Waals surface area contributed by atoms with Gasteiger partial charge in [0.25, 0.3) is 0 Å². The lowest BCUT2D eigenvalue weighted by Gasteiger charge is -1.94. The van der Waals surface area contributed by atoms with Crippen molar-refractivity contribution in [3.63, 3.8) is 0 Å². The van der Waals surface area contributed by atoms with Crippen LogP contribution in [-0.2, 0) is 6.42 Å². The van der Waals surface area contributed by atoms with E-state index in [1.807, 2.05) is 36.0 Å². The van der Waals surface area contributed by atoms with Crippen LogP contribution in [0.3, 0.4) is 0 Å². The maximum Gasteiger partial charge on any atom is 0.0896 e. The first-order valence-corrected chi connectivity index (χ1v) is 4.97. The fourth-order valence-electron chi connectivity index (χ4n) is 1.42. The largest absolute Gasteiger partial charge is 0.319 e. The third-order valence-corrected chi connectivity index (χ3v) is 2.57. The van der Waals surface area contributed by atoms with Crippen molar-refractivity contribution in [2.45, 2.75) is 6.42 Å². The van der Waals surface area contributed by atoms with Crippen molar-refractivity contribution >= 4 is 17.1 Å². The van der Waals surface area contributed by atoms with Gasteiger partial charge in [-0.15, -0.1) is 0 Å². The zero-order valence-corrected chi connectivity index (χ0v) is 8.75. The minimum absolute atomic E-state index is 0.765. The number of aromatic nitrogens is 2. The molecule has 14 heavy (non-hydrogen) atoms. The van der Waals surface area contributed by atoms with Crippen molar-refractivity contribution in [3.05, 3.63) is 35.1 Å². The lowest BCUT2D eigenvalue weighted by atomic mass is 10.3. The average molecular weight is 210 g/mol. The Balaban J connectivity index is 2.41. The summed E-state index contributed by atoms with van der Waals surface area (Å²) in [7, 11) is 1.92. The molecule has 2 aromatic rings. The van der Waals surface area contributed by atoms with Crippen molar-refractivity contribution in [3.8, 4) is 0 Å². The van der Waals surface area contributed by atoms with E-state index in [0.29, 0.717) is 0 Å². The highest BCUT2D eigenvalue weighted by Crippen LogP contribution is 2.21. The van der Waals surface area contributed by atoms with Gasteiger partial charge in [0.2, 0.25) is 0 Å². The zero-order chi connectivity index (χ0) is 9.97. The summed E-state index contributed by atoms with van der Waals surface area (Å²) in [6.45, 7) is 0.892. The predicted molar refractivity (Wildman–Crippen MR) is 57.8 cm³/mol. The Morgan fingerprint density at radius 3 is 3.07 bits per heavy atom. The van der Waals surface area contributed by atoms with Crippen LogP contribution in [-0.4, -0.2) is 23.2 Å². The molecule has 2 heterocycles. The molecule has 0 aromatic carbocycles. The van der Waals surface area contributed by atoms with E-state index in [1.165, 1.54) is 0 Å². The molecule has 0 radical (unpaired) electrons. The SMILES string of the molecule is CNCCc1nn2ccccc2c1Cl. The van der Waals surface area contributed by atoms with E-state index in [-0.39, 0.29) is 0 Å². The lowest BCUT2D eigenvalue weighted by Crippen LogP contribution is -2.10. The molecule has 2 aromatic heterocycles. The number of pyridine rings is 1. The molecule has 0 aliphatic heterocycles. The average Bonchev–Trinajstić information content (AvgIpc) is 2.54. The van der Waals surface area contributed by atoms with Crippen LogP contribution >= 0.6 is 11.6 Å². The Labute approximate surface area is 87.7 Å². The summed E-state index contributed by atoms with van der Waals surface area (Å²) in [5.74, 6) is 0. The Hall–Kier alpha value is -1.06. The first-order chi connectivity index (χ1) is 6.83. The first-order valence-electron chi connectivity index (χ1n) is 4.59. The summed E-state index contributed by atoms with van der Waals surface area (Å²) in [6.07, 6.45) is 2.76. The lowest BCUT2D eigenvalue weighted by molar-refractivity contribution is 0.764. The van der Waals surface area contributed by atoms with Crippen LogP contribution in [0.25, 0.3) is 5.52 Å². The van der Waals surface area contributed by atoms with Crippen molar-refractivity contribution in [1.29, 1.82) is 0 Å². The number of likely N-dealkylation sites (N-methyl/N-ethyl adjacent to an activating group) is 1. The Morgan fingerprint density at radius 1 is 1.50 bits per heavy atom. The fraction of sp³-hybridized carbons (Fsp3) is 0.300. The minimum atomic E-state index is 0.765. The molecule has 0 amide bonds. The number of nitrogens with one attached hydrogen (secondary N) is 1. The number of hydrogen-bond donors (Lipinski definition) is 1. The number of halogens is 1. The van der Waals surface area contributed by atoms with E-state index in [2.05, 4.69) is 10.4 Å². The van der Waals surface area contributed by atoms with Crippen molar-refractivity contribution < 1.29 is 0 Å². The molecule has 0 aliphatic rings. The van der Waals surface area contributed by atoms with E-state index < -0.39 is 0 Å².